The fraction of sp³-hybridized carbons (Fsp3) is 0.333. The van der Waals surface area contributed by atoms with Gasteiger partial charge in [-0.1, -0.05) is 13.8 Å². The summed E-state index contributed by atoms with van der Waals surface area (Å²) in [6, 6.07) is 6.12. The molecule has 0 atom stereocenters. The number of alkyl halides is 3. The molecule has 2 amide bonds. The van der Waals surface area contributed by atoms with Crippen molar-refractivity contribution in [3.63, 3.8) is 0 Å². The van der Waals surface area contributed by atoms with E-state index in [9.17, 15) is 31.2 Å². The lowest BCUT2D eigenvalue weighted by Gasteiger charge is -2.20. The predicted molar refractivity (Wildman–Crippen MR) is 117 cm³/mol. The first kappa shape index (κ1) is 26.1. The maximum Gasteiger partial charge on any atom is 0.416 e. The van der Waals surface area contributed by atoms with Gasteiger partial charge in [0.1, 0.15) is 10.6 Å². The van der Waals surface area contributed by atoms with Crippen molar-refractivity contribution in [1.82, 2.24) is 4.31 Å². The van der Waals surface area contributed by atoms with Crippen LogP contribution in [-0.2, 0) is 21.0 Å². The second-order valence-electron chi connectivity index (χ2n) is 6.85. The predicted octanol–water partition coefficient (Wildman–Crippen LogP) is 3.96. The van der Waals surface area contributed by atoms with Crippen molar-refractivity contribution in [2.45, 2.75) is 31.8 Å². The van der Waals surface area contributed by atoms with E-state index in [0.29, 0.717) is 6.07 Å². The number of carbonyl (C=O) groups is 2. The number of halogens is 3. The number of ether oxygens (including phenoxy) is 1. The summed E-state index contributed by atoms with van der Waals surface area (Å²) >= 11 is 0. The number of hydrogen-bond acceptors (Lipinski definition) is 5. The molecule has 0 saturated heterocycles. The maximum atomic E-state index is 13.1. The molecule has 180 valence electrons. The van der Waals surface area contributed by atoms with Gasteiger partial charge < -0.3 is 15.4 Å². The Morgan fingerprint density at radius 3 is 2.15 bits per heavy atom. The van der Waals surface area contributed by atoms with E-state index < -0.39 is 33.6 Å². The number of carbonyl (C=O) groups excluding carboxylic acids is 2. The maximum absolute atomic E-state index is 13.1. The standard InChI is InChI=1S/C21H24F3N3O5S/c1-5-27(6-2)33(30,31)19-11-14(7-10-18(19)32-4)20(29)26-17-12-15(21(22,23)24)8-9-16(17)25-13(3)28/h7-12H,5-6H2,1-4H3,(H,25,28)(H,26,29). The van der Waals surface area contributed by atoms with E-state index in [4.69, 9.17) is 4.74 Å². The van der Waals surface area contributed by atoms with E-state index in [0.717, 1.165) is 25.1 Å². The van der Waals surface area contributed by atoms with Crippen molar-refractivity contribution >= 4 is 33.2 Å². The van der Waals surface area contributed by atoms with Crippen molar-refractivity contribution in [3.05, 3.63) is 47.5 Å². The zero-order valence-electron chi connectivity index (χ0n) is 18.4. The third-order valence-corrected chi connectivity index (χ3v) is 6.73. The average Bonchev–Trinajstić information content (AvgIpc) is 2.74. The fourth-order valence-electron chi connectivity index (χ4n) is 3.04. The van der Waals surface area contributed by atoms with E-state index in [-0.39, 0.29) is 40.7 Å². The zero-order valence-corrected chi connectivity index (χ0v) is 19.2. The van der Waals surface area contributed by atoms with Gasteiger partial charge in [-0.05, 0) is 36.4 Å². The molecular formula is C21H24F3N3O5S. The lowest BCUT2D eigenvalue weighted by Crippen LogP contribution is -2.31. The van der Waals surface area contributed by atoms with Gasteiger partial charge >= 0.3 is 6.18 Å². The summed E-state index contributed by atoms with van der Waals surface area (Å²) < 4.78 is 71.7. The van der Waals surface area contributed by atoms with Crippen LogP contribution in [0.5, 0.6) is 5.75 Å². The minimum atomic E-state index is -4.68. The lowest BCUT2D eigenvalue weighted by molar-refractivity contribution is -0.137. The zero-order chi connectivity index (χ0) is 25.0. The van der Waals surface area contributed by atoms with Crippen LogP contribution in [0.4, 0.5) is 24.5 Å². The molecule has 0 heterocycles. The molecule has 0 spiro atoms. The molecule has 8 nitrogen and oxygen atoms in total. The summed E-state index contributed by atoms with van der Waals surface area (Å²) in [6.45, 7) is 4.84. The molecule has 2 rings (SSSR count). The van der Waals surface area contributed by atoms with Crippen LogP contribution in [0, 0.1) is 0 Å². The Kier molecular flexibility index (Phi) is 8.09. The number of nitrogens with one attached hydrogen (secondary N) is 2. The van der Waals surface area contributed by atoms with Crippen LogP contribution in [0.2, 0.25) is 0 Å². The quantitative estimate of drug-likeness (QED) is 0.587. The second kappa shape index (κ2) is 10.2. The van der Waals surface area contributed by atoms with Crippen molar-refractivity contribution in [1.29, 1.82) is 0 Å². The van der Waals surface area contributed by atoms with Gasteiger partial charge in [0.05, 0.1) is 24.0 Å². The van der Waals surface area contributed by atoms with Gasteiger partial charge in [0.15, 0.2) is 0 Å². The Morgan fingerprint density at radius 1 is 1.00 bits per heavy atom. The minimum Gasteiger partial charge on any atom is -0.495 e. The number of benzene rings is 2. The van der Waals surface area contributed by atoms with Crippen molar-refractivity contribution in [3.8, 4) is 5.75 Å². The Balaban J connectivity index is 2.52. The molecule has 0 aromatic heterocycles. The highest BCUT2D eigenvalue weighted by atomic mass is 32.2. The summed E-state index contributed by atoms with van der Waals surface area (Å²) in [5.41, 5.74) is -1.51. The van der Waals surface area contributed by atoms with E-state index in [2.05, 4.69) is 10.6 Å². The first-order valence-corrected chi connectivity index (χ1v) is 11.3. The number of methoxy groups -OCH3 is 1. The second-order valence-corrected chi connectivity index (χ2v) is 8.75. The Bertz CT molecular complexity index is 1150. The molecule has 0 saturated carbocycles. The van der Waals surface area contributed by atoms with E-state index >= 15 is 0 Å². The molecule has 0 radical (unpaired) electrons. The molecule has 33 heavy (non-hydrogen) atoms. The van der Waals surface area contributed by atoms with Crippen LogP contribution in [0.15, 0.2) is 41.3 Å². The first-order valence-electron chi connectivity index (χ1n) is 9.83. The molecule has 12 heteroatoms. The molecule has 0 aliphatic carbocycles. The monoisotopic (exact) mass is 487 g/mol. The third kappa shape index (κ3) is 6.02. The Morgan fingerprint density at radius 2 is 1.64 bits per heavy atom. The minimum absolute atomic E-state index is 0.0106. The summed E-state index contributed by atoms with van der Waals surface area (Å²) in [5, 5.41) is 4.66. The number of rotatable bonds is 8. The summed E-state index contributed by atoms with van der Waals surface area (Å²) in [4.78, 5) is 24.0. The van der Waals surface area contributed by atoms with E-state index in [1.807, 2.05) is 0 Å². The number of nitrogens with zero attached hydrogens (tertiary/aromatic N) is 1. The fourth-order valence-corrected chi connectivity index (χ4v) is 4.68. The van der Waals surface area contributed by atoms with Gasteiger partial charge in [-0.25, -0.2) is 8.42 Å². The molecule has 0 aliphatic rings. The van der Waals surface area contributed by atoms with Gasteiger partial charge in [-0.3, -0.25) is 9.59 Å². The summed E-state index contributed by atoms with van der Waals surface area (Å²) in [6.07, 6.45) is -4.68. The van der Waals surface area contributed by atoms with Gasteiger partial charge in [0.2, 0.25) is 15.9 Å². The molecule has 0 fully saturated rings. The average molecular weight is 488 g/mol. The number of hydrogen-bond donors (Lipinski definition) is 2. The Labute approximate surface area is 189 Å². The highest BCUT2D eigenvalue weighted by Crippen LogP contribution is 2.35. The first-order chi connectivity index (χ1) is 15.3. The van der Waals surface area contributed by atoms with Crippen molar-refractivity contribution < 1.29 is 35.9 Å². The summed E-state index contributed by atoms with van der Waals surface area (Å²) in [5.74, 6) is -1.42. The smallest absolute Gasteiger partial charge is 0.416 e. The van der Waals surface area contributed by atoms with Gasteiger partial charge in [0, 0.05) is 25.6 Å². The van der Waals surface area contributed by atoms with Crippen molar-refractivity contribution in [2.24, 2.45) is 0 Å². The van der Waals surface area contributed by atoms with Gasteiger partial charge in [-0.2, -0.15) is 17.5 Å². The van der Waals surface area contributed by atoms with E-state index in [1.54, 1.807) is 13.8 Å². The third-order valence-electron chi connectivity index (χ3n) is 4.65. The molecule has 0 bridgehead atoms. The molecule has 2 aromatic carbocycles. The number of sulfonamides is 1. The lowest BCUT2D eigenvalue weighted by atomic mass is 10.1. The SMILES string of the molecule is CCN(CC)S(=O)(=O)c1cc(C(=O)Nc2cc(C(F)(F)F)ccc2NC(C)=O)ccc1OC. The van der Waals surface area contributed by atoms with Crippen LogP contribution in [-0.4, -0.2) is 44.7 Å². The number of amides is 2. The van der Waals surface area contributed by atoms with E-state index in [1.165, 1.54) is 23.5 Å². The molecule has 0 aliphatic heterocycles. The van der Waals surface area contributed by atoms with Crippen LogP contribution in [0.1, 0.15) is 36.7 Å². The highest BCUT2D eigenvalue weighted by molar-refractivity contribution is 7.89. The van der Waals surface area contributed by atoms with Crippen LogP contribution >= 0.6 is 0 Å². The molecule has 2 aromatic rings. The molecule has 2 N–H and O–H groups in total. The van der Waals surface area contributed by atoms with Gasteiger partial charge in [-0.15, -0.1) is 0 Å². The van der Waals surface area contributed by atoms with Crippen LogP contribution in [0.25, 0.3) is 0 Å². The summed E-state index contributed by atoms with van der Waals surface area (Å²) in [7, 11) is -2.72. The van der Waals surface area contributed by atoms with Gasteiger partial charge in [0.25, 0.3) is 5.91 Å². The number of anilines is 2. The van der Waals surface area contributed by atoms with Crippen LogP contribution in [0.3, 0.4) is 0 Å². The van der Waals surface area contributed by atoms with Crippen molar-refractivity contribution in [2.75, 3.05) is 30.8 Å². The topological polar surface area (TPSA) is 105 Å². The van der Waals surface area contributed by atoms with Crippen LogP contribution < -0.4 is 15.4 Å². The largest absolute Gasteiger partial charge is 0.495 e. The molecule has 0 unspecified atom stereocenters. The Hall–Kier alpha value is -3.12. The normalized spacial score (nSPS) is 11.9. The molecular weight excluding hydrogens is 463 g/mol. The highest BCUT2D eigenvalue weighted by Gasteiger charge is 2.32.